The quantitative estimate of drug-likeness (QED) is 0.309. The first kappa shape index (κ1) is 23.3. The zero-order chi connectivity index (χ0) is 24.8. The molecule has 2 heterocycles. The van der Waals surface area contributed by atoms with Crippen LogP contribution < -0.4 is 14.9 Å². The SMILES string of the molecule is CSc1ccc(C=c2sc3n(c2=O)C(c2ccc(C(C)C)cc2)C2=C(N=3)c3ccccc3CC2)cc1. The molecule has 3 aromatic carbocycles. The van der Waals surface area contributed by atoms with Crippen LogP contribution in [0.2, 0.25) is 0 Å². The van der Waals surface area contributed by atoms with Crippen molar-refractivity contribution in [3.63, 3.8) is 0 Å². The maximum atomic E-state index is 13.9. The van der Waals surface area contributed by atoms with Gasteiger partial charge in [-0.15, -0.1) is 11.8 Å². The Morgan fingerprint density at radius 1 is 1.00 bits per heavy atom. The third-order valence-electron chi connectivity index (χ3n) is 7.21. The number of nitrogens with zero attached hydrogens (tertiary/aromatic N) is 2. The number of hydrogen-bond donors (Lipinski definition) is 0. The van der Waals surface area contributed by atoms with Crippen LogP contribution in [0.15, 0.2) is 93.1 Å². The highest BCUT2D eigenvalue weighted by molar-refractivity contribution is 7.98. The second kappa shape index (κ2) is 9.38. The van der Waals surface area contributed by atoms with Gasteiger partial charge in [-0.1, -0.05) is 85.8 Å². The second-order valence-corrected chi connectivity index (χ2v) is 11.6. The summed E-state index contributed by atoms with van der Waals surface area (Å²) in [6, 6.07) is 25.6. The van der Waals surface area contributed by atoms with E-state index in [0.29, 0.717) is 5.92 Å². The fraction of sp³-hybridized carbons (Fsp3) is 0.226. The molecule has 36 heavy (non-hydrogen) atoms. The van der Waals surface area contributed by atoms with E-state index in [2.05, 4.69) is 92.9 Å². The van der Waals surface area contributed by atoms with Gasteiger partial charge in [0.15, 0.2) is 4.80 Å². The molecular weight excluding hydrogens is 480 g/mol. The number of thiazole rings is 1. The molecule has 0 bridgehead atoms. The van der Waals surface area contributed by atoms with Crippen molar-refractivity contribution in [3.8, 4) is 0 Å². The fourth-order valence-electron chi connectivity index (χ4n) is 5.24. The highest BCUT2D eigenvalue weighted by Crippen LogP contribution is 2.41. The number of aromatic nitrogens is 1. The molecule has 180 valence electrons. The molecule has 1 aromatic heterocycles. The predicted octanol–water partition coefficient (Wildman–Crippen LogP) is 6.16. The van der Waals surface area contributed by atoms with Crippen LogP contribution in [0, 0.1) is 0 Å². The number of thioether (sulfide) groups is 1. The van der Waals surface area contributed by atoms with E-state index in [1.165, 1.54) is 38.5 Å². The van der Waals surface area contributed by atoms with Crippen molar-refractivity contribution in [2.75, 3.05) is 6.26 Å². The third kappa shape index (κ3) is 4.00. The van der Waals surface area contributed by atoms with Crippen LogP contribution in [-0.2, 0) is 6.42 Å². The Hall–Kier alpha value is -3.15. The van der Waals surface area contributed by atoms with Gasteiger partial charge in [0, 0.05) is 10.5 Å². The summed E-state index contributed by atoms with van der Waals surface area (Å²) in [5.74, 6) is 0.467. The maximum absolute atomic E-state index is 13.9. The standard InChI is InChI=1S/C31H28N2OS2/c1-19(2)21-10-12-23(13-11-21)29-26-17-14-22-6-4-5-7-25(22)28(26)32-31-33(29)30(34)27(36-31)18-20-8-15-24(35-3)16-9-20/h4-13,15-16,18-19,29H,14,17H2,1-3H3. The van der Waals surface area contributed by atoms with E-state index in [0.717, 1.165) is 39.0 Å². The first-order valence-corrected chi connectivity index (χ1v) is 14.4. The van der Waals surface area contributed by atoms with Gasteiger partial charge in [0.1, 0.15) is 0 Å². The van der Waals surface area contributed by atoms with Crippen molar-refractivity contribution in [1.82, 2.24) is 4.57 Å². The highest BCUT2D eigenvalue weighted by atomic mass is 32.2. The van der Waals surface area contributed by atoms with Crippen molar-refractivity contribution in [2.45, 2.75) is 43.5 Å². The molecular formula is C31H28N2OS2. The highest BCUT2D eigenvalue weighted by Gasteiger charge is 2.32. The number of fused-ring (bicyclic) bond motifs is 3. The molecule has 0 spiro atoms. The van der Waals surface area contributed by atoms with Crippen molar-refractivity contribution in [2.24, 2.45) is 4.99 Å². The number of aryl methyl sites for hydroxylation is 1. The van der Waals surface area contributed by atoms with Crippen LogP contribution in [-0.4, -0.2) is 10.8 Å². The van der Waals surface area contributed by atoms with Gasteiger partial charge >= 0.3 is 0 Å². The summed E-state index contributed by atoms with van der Waals surface area (Å²) in [4.78, 5) is 21.0. The largest absolute Gasteiger partial charge is 0.272 e. The lowest BCUT2D eigenvalue weighted by Gasteiger charge is -2.31. The van der Waals surface area contributed by atoms with Crippen molar-refractivity contribution >= 4 is 34.9 Å². The molecule has 1 aliphatic carbocycles. The Morgan fingerprint density at radius 3 is 2.47 bits per heavy atom. The van der Waals surface area contributed by atoms with E-state index in [1.807, 2.05) is 10.6 Å². The van der Waals surface area contributed by atoms with Gasteiger partial charge in [0.05, 0.1) is 16.3 Å². The summed E-state index contributed by atoms with van der Waals surface area (Å²) < 4.78 is 2.66. The van der Waals surface area contributed by atoms with E-state index in [4.69, 9.17) is 4.99 Å². The van der Waals surface area contributed by atoms with Gasteiger partial charge in [0.25, 0.3) is 5.56 Å². The second-order valence-electron chi connectivity index (χ2n) is 9.71. The third-order valence-corrected chi connectivity index (χ3v) is 8.93. The summed E-state index contributed by atoms with van der Waals surface area (Å²) in [6.45, 7) is 4.42. The smallest absolute Gasteiger partial charge is 0.271 e. The number of benzene rings is 3. The van der Waals surface area contributed by atoms with E-state index >= 15 is 0 Å². The lowest BCUT2D eigenvalue weighted by atomic mass is 9.83. The Morgan fingerprint density at radius 2 is 1.75 bits per heavy atom. The van der Waals surface area contributed by atoms with Gasteiger partial charge in [-0.05, 0) is 71.1 Å². The molecule has 0 radical (unpaired) electrons. The molecule has 6 rings (SSSR count). The summed E-state index contributed by atoms with van der Waals surface area (Å²) in [7, 11) is 0. The van der Waals surface area contributed by atoms with Crippen molar-refractivity contribution < 1.29 is 0 Å². The Balaban J connectivity index is 1.57. The molecule has 0 N–H and O–H groups in total. The first-order valence-electron chi connectivity index (χ1n) is 12.4. The van der Waals surface area contributed by atoms with Gasteiger partial charge in [0.2, 0.25) is 0 Å². The Kier molecular flexibility index (Phi) is 6.06. The normalized spacial score (nSPS) is 17.0. The van der Waals surface area contributed by atoms with E-state index < -0.39 is 0 Å². The topological polar surface area (TPSA) is 34.4 Å². The monoisotopic (exact) mass is 508 g/mol. The number of hydrogen-bond acceptors (Lipinski definition) is 4. The summed E-state index contributed by atoms with van der Waals surface area (Å²) in [5.41, 5.74) is 8.36. The molecule has 0 fully saturated rings. The minimum absolute atomic E-state index is 0.0380. The van der Waals surface area contributed by atoms with Gasteiger partial charge < -0.3 is 0 Å². The minimum Gasteiger partial charge on any atom is -0.272 e. The summed E-state index contributed by atoms with van der Waals surface area (Å²) in [6.07, 6.45) is 5.95. The average Bonchev–Trinajstić information content (AvgIpc) is 3.22. The van der Waals surface area contributed by atoms with E-state index in [1.54, 1.807) is 11.8 Å². The Labute approximate surface area is 219 Å². The molecule has 2 aliphatic rings. The van der Waals surface area contributed by atoms with Crippen LogP contribution in [0.5, 0.6) is 0 Å². The molecule has 3 nitrogen and oxygen atoms in total. The molecule has 1 atom stereocenters. The van der Waals surface area contributed by atoms with Crippen LogP contribution in [0.25, 0.3) is 11.8 Å². The van der Waals surface area contributed by atoms with Crippen LogP contribution in [0.1, 0.15) is 60.0 Å². The number of allylic oxidation sites excluding steroid dienone is 1. The van der Waals surface area contributed by atoms with Crippen molar-refractivity contribution in [3.05, 3.63) is 126 Å². The van der Waals surface area contributed by atoms with Crippen LogP contribution in [0.3, 0.4) is 0 Å². The average molecular weight is 509 g/mol. The van der Waals surface area contributed by atoms with Crippen LogP contribution >= 0.6 is 23.1 Å². The molecule has 1 aliphatic heterocycles. The summed E-state index contributed by atoms with van der Waals surface area (Å²) >= 11 is 3.21. The van der Waals surface area contributed by atoms with E-state index in [9.17, 15) is 4.79 Å². The molecule has 0 saturated heterocycles. The molecule has 5 heteroatoms. The molecule has 4 aromatic rings. The predicted molar refractivity (Wildman–Crippen MR) is 152 cm³/mol. The van der Waals surface area contributed by atoms with Crippen molar-refractivity contribution in [1.29, 1.82) is 0 Å². The Bertz CT molecular complexity index is 1660. The lowest BCUT2D eigenvalue weighted by Crippen LogP contribution is -2.38. The fourth-order valence-corrected chi connectivity index (χ4v) is 6.65. The number of rotatable bonds is 4. The first-order chi connectivity index (χ1) is 17.5. The minimum atomic E-state index is -0.133. The van der Waals surface area contributed by atoms with Gasteiger partial charge in [-0.3, -0.25) is 9.36 Å². The lowest BCUT2D eigenvalue weighted by molar-refractivity contribution is 0.585. The molecule has 1 unspecified atom stereocenters. The molecule has 0 saturated carbocycles. The zero-order valence-electron chi connectivity index (χ0n) is 20.7. The zero-order valence-corrected chi connectivity index (χ0v) is 22.3. The van der Waals surface area contributed by atoms with E-state index in [-0.39, 0.29) is 11.6 Å². The van der Waals surface area contributed by atoms with Gasteiger partial charge in [-0.25, -0.2) is 4.99 Å². The van der Waals surface area contributed by atoms with Crippen LogP contribution in [0.4, 0.5) is 0 Å². The van der Waals surface area contributed by atoms with Gasteiger partial charge in [-0.2, -0.15) is 0 Å². The maximum Gasteiger partial charge on any atom is 0.271 e. The molecule has 0 amide bonds. The summed E-state index contributed by atoms with van der Waals surface area (Å²) in [5, 5.41) is 0.